The van der Waals surface area contributed by atoms with Gasteiger partial charge in [0.1, 0.15) is 11.5 Å². The maximum absolute atomic E-state index is 8.05. The molecule has 2 rings (SSSR count). The molecule has 2 aromatic rings. The van der Waals surface area contributed by atoms with E-state index in [9.17, 15) is 0 Å². The summed E-state index contributed by atoms with van der Waals surface area (Å²) >= 11 is 18.4. The normalized spacial score (nSPS) is 12.3. The van der Waals surface area contributed by atoms with Crippen LogP contribution in [0.2, 0.25) is 15.1 Å². The third kappa shape index (κ3) is 3.40. The molecule has 7 heteroatoms. The first-order valence-corrected chi connectivity index (χ1v) is 7.90. The molecule has 22 heavy (non-hydrogen) atoms. The van der Waals surface area contributed by atoms with Gasteiger partial charge in [-0.15, -0.1) is 0 Å². The summed E-state index contributed by atoms with van der Waals surface area (Å²) in [7, 11) is 1.79. The molecule has 0 fully saturated rings. The number of imidazole rings is 1. The van der Waals surface area contributed by atoms with Crippen molar-refractivity contribution in [3.05, 3.63) is 39.1 Å². The molecule has 0 saturated heterocycles. The van der Waals surface area contributed by atoms with Gasteiger partial charge < -0.3 is 9.30 Å². The van der Waals surface area contributed by atoms with Gasteiger partial charge in [0, 0.05) is 12.1 Å². The predicted molar refractivity (Wildman–Crippen MR) is 91.3 cm³/mol. The molecular formula is C15H16Cl3N3O. The molecule has 0 aliphatic heterocycles. The summed E-state index contributed by atoms with van der Waals surface area (Å²) in [5.41, 5.74) is 1.13. The number of rotatable bonds is 4. The van der Waals surface area contributed by atoms with E-state index in [2.05, 4.69) is 4.98 Å². The molecule has 1 N–H and O–H groups in total. The highest BCUT2D eigenvalue weighted by molar-refractivity contribution is 6.41. The highest BCUT2D eigenvalue weighted by Gasteiger charge is 2.19. The zero-order valence-corrected chi connectivity index (χ0v) is 14.7. The van der Waals surface area contributed by atoms with Crippen LogP contribution in [0.15, 0.2) is 18.3 Å². The number of benzene rings is 1. The monoisotopic (exact) mass is 359 g/mol. The van der Waals surface area contributed by atoms with E-state index in [0.717, 1.165) is 6.42 Å². The van der Waals surface area contributed by atoms with Crippen LogP contribution in [0.3, 0.4) is 0 Å². The van der Waals surface area contributed by atoms with Crippen LogP contribution >= 0.6 is 34.8 Å². The van der Waals surface area contributed by atoms with Crippen molar-refractivity contribution in [3.63, 3.8) is 0 Å². The number of ether oxygens (including phenoxy) is 1. The average molecular weight is 361 g/mol. The summed E-state index contributed by atoms with van der Waals surface area (Å²) in [5, 5.41) is 9.33. The second kappa shape index (κ2) is 6.90. The number of aromatic nitrogens is 2. The van der Waals surface area contributed by atoms with E-state index in [1.54, 1.807) is 29.9 Å². The second-order valence-corrected chi connectivity index (χ2v) is 6.19. The number of nitrogens with zero attached hydrogens (tertiary/aromatic N) is 2. The van der Waals surface area contributed by atoms with Gasteiger partial charge >= 0.3 is 0 Å². The molecule has 0 spiro atoms. The summed E-state index contributed by atoms with van der Waals surface area (Å²) < 4.78 is 7.26. The van der Waals surface area contributed by atoms with E-state index < -0.39 is 0 Å². The Morgan fingerprint density at radius 1 is 1.32 bits per heavy atom. The highest BCUT2D eigenvalue weighted by atomic mass is 35.5. The third-order valence-electron chi connectivity index (χ3n) is 3.35. The maximum Gasteiger partial charge on any atom is 0.232 e. The molecule has 1 unspecified atom stereocenters. The summed E-state index contributed by atoms with van der Waals surface area (Å²) in [5.74, 6) is 0.621. The van der Waals surface area contributed by atoms with Crippen LogP contribution in [0.1, 0.15) is 26.0 Å². The molecule has 0 aliphatic carbocycles. The molecule has 1 atom stereocenters. The van der Waals surface area contributed by atoms with E-state index in [0.29, 0.717) is 32.1 Å². The van der Waals surface area contributed by atoms with E-state index >= 15 is 0 Å². The van der Waals surface area contributed by atoms with E-state index in [-0.39, 0.29) is 12.0 Å². The average Bonchev–Trinajstić information content (AvgIpc) is 2.79. The first-order chi connectivity index (χ1) is 10.3. The van der Waals surface area contributed by atoms with Gasteiger partial charge in [0.15, 0.2) is 0 Å². The van der Waals surface area contributed by atoms with Crippen molar-refractivity contribution >= 4 is 40.7 Å². The van der Waals surface area contributed by atoms with Crippen LogP contribution in [-0.4, -0.2) is 21.6 Å². The summed E-state index contributed by atoms with van der Waals surface area (Å²) in [6.07, 6.45) is 2.36. The smallest absolute Gasteiger partial charge is 0.232 e. The van der Waals surface area contributed by atoms with Crippen LogP contribution in [0.5, 0.6) is 0 Å². The van der Waals surface area contributed by atoms with E-state index in [1.807, 2.05) is 13.8 Å². The minimum absolute atomic E-state index is 0.0337. The summed E-state index contributed by atoms with van der Waals surface area (Å²) in [4.78, 5) is 4.32. The largest absolute Gasteiger partial charge is 0.474 e. The highest BCUT2D eigenvalue weighted by Crippen LogP contribution is 2.36. The fourth-order valence-electron chi connectivity index (χ4n) is 1.95. The zero-order chi connectivity index (χ0) is 16.4. The lowest BCUT2D eigenvalue weighted by Gasteiger charge is -2.14. The van der Waals surface area contributed by atoms with Gasteiger partial charge in [-0.3, -0.25) is 5.41 Å². The molecule has 0 amide bonds. The quantitative estimate of drug-likeness (QED) is 0.602. The van der Waals surface area contributed by atoms with Gasteiger partial charge in [0.2, 0.25) is 5.90 Å². The Hall–Kier alpha value is -1.23. The van der Waals surface area contributed by atoms with Gasteiger partial charge in [-0.1, -0.05) is 41.7 Å². The minimum Gasteiger partial charge on any atom is -0.474 e. The number of hydrogen-bond donors (Lipinski definition) is 1. The molecule has 1 heterocycles. The topological polar surface area (TPSA) is 50.9 Å². The molecule has 118 valence electrons. The Morgan fingerprint density at radius 2 is 1.91 bits per heavy atom. The van der Waals surface area contributed by atoms with Crippen LogP contribution in [-0.2, 0) is 11.8 Å². The number of halogens is 3. The van der Waals surface area contributed by atoms with Crippen LogP contribution < -0.4 is 0 Å². The zero-order valence-electron chi connectivity index (χ0n) is 12.5. The Morgan fingerprint density at radius 3 is 2.45 bits per heavy atom. The van der Waals surface area contributed by atoms with Gasteiger partial charge in [-0.05, 0) is 25.5 Å². The molecule has 1 aromatic heterocycles. The second-order valence-electron chi connectivity index (χ2n) is 4.94. The van der Waals surface area contributed by atoms with Crippen molar-refractivity contribution in [2.24, 2.45) is 7.05 Å². The van der Waals surface area contributed by atoms with Crippen LogP contribution in [0.25, 0.3) is 11.4 Å². The lowest BCUT2D eigenvalue weighted by Crippen LogP contribution is -2.16. The van der Waals surface area contributed by atoms with Crippen molar-refractivity contribution in [3.8, 4) is 11.4 Å². The number of hydrogen-bond acceptors (Lipinski definition) is 3. The summed E-state index contributed by atoms with van der Waals surface area (Å²) in [6.45, 7) is 3.92. The molecule has 4 nitrogen and oxygen atoms in total. The minimum atomic E-state index is -0.0337. The van der Waals surface area contributed by atoms with Crippen molar-refractivity contribution < 1.29 is 4.74 Å². The molecular weight excluding hydrogens is 345 g/mol. The third-order valence-corrected chi connectivity index (χ3v) is 4.16. The number of nitrogens with one attached hydrogen (secondary N) is 1. The molecule has 0 radical (unpaired) electrons. The standard InChI is InChI=1S/C15H16Cl3N3O/c1-4-8(2)22-14(19)12-7-20-15(21(12)3)13-10(17)5-9(16)6-11(13)18/h5-8,19H,4H2,1-3H3. The SMILES string of the molecule is CCC(C)OC(=N)c1cnc(-c2c(Cl)cc(Cl)cc2Cl)n1C. The molecule has 0 aliphatic rings. The lowest BCUT2D eigenvalue weighted by atomic mass is 10.2. The fraction of sp³-hybridized carbons (Fsp3) is 0.333. The van der Waals surface area contributed by atoms with Gasteiger partial charge in [-0.2, -0.15) is 0 Å². The van der Waals surface area contributed by atoms with E-state index in [4.69, 9.17) is 44.9 Å². The van der Waals surface area contributed by atoms with Crippen molar-refractivity contribution in [1.29, 1.82) is 5.41 Å². The van der Waals surface area contributed by atoms with Gasteiger partial charge in [0.05, 0.1) is 27.9 Å². The van der Waals surface area contributed by atoms with Crippen molar-refractivity contribution in [1.82, 2.24) is 9.55 Å². The van der Waals surface area contributed by atoms with Crippen molar-refractivity contribution in [2.45, 2.75) is 26.4 Å². The Labute approximate surface area is 144 Å². The lowest BCUT2D eigenvalue weighted by molar-refractivity contribution is 0.201. The van der Waals surface area contributed by atoms with Crippen LogP contribution in [0.4, 0.5) is 0 Å². The Kier molecular flexibility index (Phi) is 5.37. The Bertz CT molecular complexity index is 689. The molecule has 1 aromatic carbocycles. The first kappa shape index (κ1) is 17.1. The maximum atomic E-state index is 8.05. The van der Waals surface area contributed by atoms with Gasteiger partial charge in [-0.25, -0.2) is 4.98 Å². The molecule has 0 bridgehead atoms. The summed E-state index contributed by atoms with van der Waals surface area (Å²) in [6, 6.07) is 3.22. The Balaban J connectivity index is 2.42. The molecule has 0 saturated carbocycles. The first-order valence-electron chi connectivity index (χ1n) is 6.77. The predicted octanol–water partition coefficient (Wildman–Crippen LogP) is 5.19. The van der Waals surface area contributed by atoms with Crippen molar-refractivity contribution in [2.75, 3.05) is 0 Å². The van der Waals surface area contributed by atoms with Gasteiger partial charge in [0.25, 0.3) is 0 Å². The van der Waals surface area contributed by atoms with E-state index in [1.165, 1.54) is 0 Å². The van der Waals surface area contributed by atoms with Crippen LogP contribution in [0, 0.1) is 5.41 Å². The fourth-order valence-corrected chi connectivity index (χ4v) is 2.94.